The van der Waals surface area contributed by atoms with Gasteiger partial charge < -0.3 is 4.74 Å². The van der Waals surface area contributed by atoms with Crippen molar-refractivity contribution in [1.82, 2.24) is 0 Å². The van der Waals surface area contributed by atoms with Gasteiger partial charge in [0.05, 0.1) is 6.61 Å². The van der Waals surface area contributed by atoms with Crippen LogP contribution in [-0.4, -0.2) is 18.4 Å². The monoisotopic (exact) mass is 386 g/mol. The molecule has 1 aliphatic carbocycles. The second-order valence-corrected chi connectivity index (χ2v) is 8.60. The molecule has 1 atom stereocenters. The molecule has 2 rings (SSSR count). The predicted molar refractivity (Wildman–Crippen MR) is 115 cm³/mol. The molecule has 1 unspecified atom stereocenters. The summed E-state index contributed by atoms with van der Waals surface area (Å²) in [5.41, 5.74) is 3.80. The number of Topliss-reactive ketones (excluding diaryl/α,β-unsaturated/α-hetero) is 1. The first kappa shape index (κ1) is 22.6. The second kappa shape index (κ2) is 11.4. The van der Waals surface area contributed by atoms with Crippen molar-refractivity contribution in [1.29, 1.82) is 0 Å². The Labute approximate surface area is 171 Å². The summed E-state index contributed by atoms with van der Waals surface area (Å²) in [6.07, 6.45) is 11.0. The van der Waals surface area contributed by atoms with Gasteiger partial charge in [0.25, 0.3) is 0 Å². The number of carbonyl (C=O) groups is 2. The zero-order chi connectivity index (χ0) is 20.5. The third kappa shape index (κ3) is 6.18. The maximum atomic E-state index is 13.4. The number of carbonyl (C=O) groups excluding carboxylic acids is 2. The van der Waals surface area contributed by atoms with E-state index in [0.717, 1.165) is 60.8 Å². The van der Waals surface area contributed by atoms with Crippen molar-refractivity contribution in [3.05, 3.63) is 34.4 Å². The van der Waals surface area contributed by atoms with E-state index in [1.54, 1.807) is 0 Å². The molecular formula is C25H38O3. The fourth-order valence-corrected chi connectivity index (χ4v) is 4.67. The third-order valence-electron chi connectivity index (χ3n) is 6.07. The maximum Gasteiger partial charge on any atom is 0.317 e. The van der Waals surface area contributed by atoms with Gasteiger partial charge in [-0.3, -0.25) is 9.59 Å². The molecule has 0 aromatic heterocycles. The Kier molecular flexibility index (Phi) is 9.21. The number of benzene rings is 1. The van der Waals surface area contributed by atoms with Gasteiger partial charge in [-0.1, -0.05) is 69.6 Å². The smallest absolute Gasteiger partial charge is 0.317 e. The zero-order valence-electron chi connectivity index (χ0n) is 18.3. The number of unbranched alkanes of at least 4 members (excludes halogenated alkanes) is 5. The first-order chi connectivity index (χ1) is 13.5. The molecule has 0 heterocycles. The summed E-state index contributed by atoms with van der Waals surface area (Å²) in [4.78, 5) is 26.4. The molecule has 1 aromatic carbocycles. The van der Waals surface area contributed by atoms with E-state index in [-0.39, 0.29) is 17.7 Å². The van der Waals surface area contributed by atoms with E-state index in [1.807, 2.05) is 32.9 Å². The lowest BCUT2D eigenvalue weighted by molar-refractivity contribution is -0.148. The molecule has 28 heavy (non-hydrogen) atoms. The highest BCUT2D eigenvalue weighted by Gasteiger charge is 2.38. The zero-order valence-corrected chi connectivity index (χ0v) is 18.3. The van der Waals surface area contributed by atoms with Crippen LogP contribution in [0, 0.1) is 32.6 Å². The summed E-state index contributed by atoms with van der Waals surface area (Å²) in [7, 11) is 0. The summed E-state index contributed by atoms with van der Waals surface area (Å²) in [5.74, 6) is -0.841. The van der Waals surface area contributed by atoms with E-state index in [0.29, 0.717) is 6.61 Å². The first-order valence-electron chi connectivity index (χ1n) is 11.2. The summed E-state index contributed by atoms with van der Waals surface area (Å²) in [6.45, 7) is 8.63. The quantitative estimate of drug-likeness (QED) is 0.188. The molecule has 0 N–H and O–H groups in total. The molecule has 0 bridgehead atoms. The number of hydrogen-bond acceptors (Lipinski definition) is 3. The van der Waals surface area contributed by atoms with Crippen LogP contribution in [0.25, 0.3) is 0 Å². The van der Waals surface area contributed by atoms with Gasteiger partial charge in [0.15, 0.2) is 5.78 Å². The van der Waals surface area contributed by atoms with E-state index in [1.165, 1.54) is 25.7 Å². The highest BCUT2D eigenvalue weighted by Crippen LogP contribution is 2.35. The number of esters is 1. The fourth-order valence-electron chi connectivity index (χ4n) is 4.67. The largest absolute Gasteiger partial charge is 0.465 e. The maximum absolute atomic E-state index is 13.4. The number of ketones is 1. The number of rotatable bonds is 11. The molecule has 1 aliphatic rings. The average Bonchev–Trinajstić information content (AvgIpc) is 3.14. The molecule has 1 saturated carbocycles. The van der Waals surface area contributed by atoms with Crippen molar-refractivity contribution in [3.63, 3.8) is 0 Å². The van der Waals surface area contributed by atoms with E-state index < -0.39 is 5.92 Å². The van der Waals surface area contributed by atoms with E-state index in [4.69, 9.17) is 4.74 Å². The Morgan fingerprint density at radius 3 is 2.14 bits per heavy atom. The Balaban J connectivity index is 2.04. The van der Waals surface area contributed by atoms with Gasteiger partial charge >= 0.3 is 5.97 Å². The minimum Gasteiger partial charge on any atom is -0.465 e. The van der Waals surface area contributed by atoms with Crippen molar-refractivity contribution < 1.29 is 14.3 Å². The van der Waals surface area contributed by atoms with Crippen LogP contribution in [0.4, 0.5) is 0 Å². The van der Waals surface area contributed by atoms with Gasteiger partial charge in [-0.2, -0.15) is 0 Å². The van der Waals surface area contributed by atoms with Crippen LogP contribution in [0.5, 0.6) is 0 Å². The van der Waals surface area contributed by atoms with Crippen LogP contribution in [-0.2, 0) is 9.53 Å². The Morgan fingerprint density at radius 2 is 1.54 bits per heavy atom. The molecule has 0 aliphatic heterocycles. The van der Waals surface area contributed by atoms with Gasteiger partial charge in [-0.25, -0.2) is 0 Å². The van der Waals surface area contributed by atoms with E-state index >= 15 is 0 Å². The van der Waals surface area contributed by atoms with Gasteiger partial charge in [0.1, 0.15) is 5.92 Å². The van der Waals surface area contributed by atoms with Crippen molar-refractivity contribution in [3.8, 4) is 0 Å². The SMILES string of the molecule is CCCCCCCCOC(=O)C(C(=O)c1c(C)cc(C)cc1C)C1CCCC1. The lowest BCUT2D eigenvalue weighted by atomic mass is 9.82. The lowest BCUT2D eigenvalue weighted by Crippen LogP contribution is -2.33. The van der Waals surface area contributed by atoms with Gasteiger partial charge in [0.2, 0.25) is 0 Å². The molecule has 1 aromatic rings. The Morgan fingerprint density at radius 1 is 0.964 bits per heavy atom. The minimum atomic E-state index is -0.636. The molecule has 3 heteroatoms. The molecule has 156 valence electrons. The molecule has 0 saturated heterocycles. The van der Waals surface area contributed by atoms with Crippen LogP contribution in [0.3, 0.4) is 0 Å². The standard InChI is InChI=1S/C25H38O3/c1-5-6-7-8-9-12-15-28-25(27)23(21-13-10-11-14-21)24(26)22-19(3)16-18(2)17-20(22)4/h16-17,21,23H,5-15H2,1-4H3. The first-order valence-corrected chi connectivity index (χ1v) is 11.2. The lowest BCUT2D eigenvalue weighted by Gasteiger charge is -2.23. The van der Waals surface area contributed by atoms with E-state index in [2.05, 4.69) is 6.92 Å². The topological polar surface area (TPSA) is 43.4 Å². The molecular weight excluding hydrogens is 348 g/mol. The van der Waals surface area contributed by atoms with Crippen LogP contribution in [0.2, 0.25) is 0 Å². The molecule has 3 nitrogen and oxygen atoms in total. The Bertz CT molecular complexity index is 633. The van der Waals surface area contributed by atoms with Crippen molar-refractivity contribution >= 4 is 11.8 Å². The minimum absolute atomic E-state index is 0.0326. The van der Waals surface area contributed by atoms with Crippen molar-refractivity contribution in [2.75, 3.05) is 6.61 Å². The number of aryl methyl sites for hydroxylation is 3. The predicted octanol–water partition coefficient (Wildman–Crippen LogP) is 6.50. The van der Waals surface area contributed by atoms with Gasteiger partial charge in [-0.05, 0) is 57.1 Å². The normalized spacial score (nSPS) is 15.6. The van der Waals surface area contributed by atoms with Crippen molar-refractivity contribution in [2.45, 2.75) is 91.9 Å². The molecule has 1 fully saturated rings. The second-order valence-electron chi connectivity index (χ2n) is 8.60. The summed E-state index contributed by atoms with van der Waals surface area (Å²) in [6, 6.07) is 4.07. The highest BCUT2D eigenvalue weighted by molar-refractivity contribution is 6.10. The fraction of sp³-hybridized carbons (Fsp3) is 0.680. The average molecular weight is 387 g/mol. The third-order valence-corrected chi connectivity index (χ3v) is 6.07. The highest BCUT2D eigenvalue weighted by atomic mass is 16.5. The molecule has 0 radical (unpaired) electrons. The van der Waals surface area contributed by atoms with E-state index in [9.17, 15) is 9.59 Å². The van der Waals surface area contributed by atoms with Crippen molar-refractivity contribution in [2.24, 2.45) is 11.8 Å². The summed E-state index contributed by atoms with van der Waals surface area (Å²) in [5, 5.41) is 0. The number of ether oxygens (including phenoxy) is 1. The van der Waals surface area contributed by atoms with Crippen LogP contribution >= 0.6 is 0 Å². The van der Waals surface area contributed by atoms with Gasteiger partial charge in [0, 0.05) is 5.56 Å². The molecule has 0 amide bonds. The van der Waals surface area contributed by atoms with Crippen LogP contribution in [0.15, 0.2) is 12.1 Å². The summed E-state index contributed by atoms with van der Waals surface area (Å²) >= 11 is 0. The van der Waals surface area contributed by atoms with Crippen LogP contribution in [0.1, 0.15) is 98.2 Å². The van der Waals surface area contributed by atoms with Crippen LogP contribution < -0.4 is 0 Å². The van der Waals surface area contributed by atoms with Gasteiger partial charge in [-0.15, -0.1) is 0 Å². The molecule has 0 spiro atoms. The number of hydrogen-bond donors (Lipinski definition) is 0. The summed E-state index contributed by atoms with van der Waals surface area (Å²) < 4.78 is 5.61. The Hall–Kier alpha value is -1.64.